The summed E-state index contributed by atoms with van der Waals surface area (Å²) >= 11 is 6.05. The molecule has 2 aliphatic rings. The van der Waals surface area contributed by atoms with Gasteiger partial charge >= 0.3 is 0 Å². The third-order valence-corrected chi connectivity index (χ3v) is 7.36. The monoisotopic (exact) mass is 420 g/mol. The van der Waals surface area contributed by atoms with Crippen molar-refractivity contribution >= 4 is 27.5 Å². The molecule has 2 aromatic carbocycles. The van der Waals surface area contributed by atoms with Gasteiger partial charge in [-0.2, -0.15) is 4.31 Å². The van der Waals surface area contributed by atoms with Crippen LogP contribution in [0.3, 0.4) is 0 Å². The van der Waals surface area contributed by atoms with Gasteiger partial charge in [0.15, 0.2) is 0 Å². The van der Waals surface area contributed by atoms with Crippen LogP contribution < -0.4 is 4.74 Å². The lowest BCUT2D eigenvalue weighted by Crippen LogP contribution is -2.52. The van der Waals surface area contributed by atoms with Crippen molar-refractivity contribution in [2.75, 3.05) is 32.8 Å². The Bertz CT molecular complexity index is 973. The number of sulfonamides is 1. The van der Waals surface area contributed by atoms with Crippen LogP contribution in [-0.4, -0.2) is 56.3 Å². The first-order valence-electron chi connectivity index (χ1n) is 9.20. The molecule has 0 radical (unpaired) electrons. The number of carbonyl (C=O) groups is 1. The van der Waals surface area contributed by atoms with Crippen LogP contribution in [0.25, 0.3) is 0 Å². The second-order valence-electron chi connectivity index (χ2n) is 7.01. The summed E-state index contributed by atoms with van der Waals surface area (Å²) in [6.07, 6.45) is 0.581. The summed E-state index contributed by atoms with van der Waals surface area (Å²) in [5, 5.41) is 0.621. The number of amides is 1. The number of ether oxygens (including phenoxy) is 1. The quantitative estimate of drug-likeness (QED) is 0.764. The maximum Gasteiger partial charge on any atom is 0.243 e. The molecule has 28 heavy (non-hydrogen) atoms. The van der Waals surface area contributed by atoms with E-state index in [1.165, 1.54) is 4.31 Å². The fraction of sp³-hybridized carbons (Fsp3) is 0.350. The van der Waals surface area contributed by atoms with Crippen molar-refractivity contribution in [3.05, 3.63) is 59.1 Å². The van der Waals surface area contributed by atoms with Crippen molar-refractivity contribution in [1.29, 1.82) is 0 Å². The number of fused-ring (bicyclic) bond motifs is 1. The molecule has 0 aromatic heterocycles. The Hall–Kier alpha value is -2.09. The van der Waals surface area contributed by atoms with Crippen molar-refractivity contribution in [1.82, 2.24) is 9.21 Å². The summed E-state index contributed by atoms with van der Waals surface area (Å²) in [6, 6.07) is 13.8. The minimum absolute atomic E-state index is 0.00221. The lowest BCUT2D eigenvalue weighted by atomic mass is 9.95. The van der Waals surface area contributed by atoms with E-state index >= 15 is 0 Å². The highest BCUT2D eigenvalue weighted by molar-refractivity contribution is 7.89. The zero-order valence-electron chi connectivity index (χ0n) is 15.3. The Labute approximate surface area is 169 Å². The van der Waals surface area contributed by atoms with E-state index in [2.05, 4.69) is 0 Å². The number of hydrogen-bond acceptors (Lipinski definition) is 4. The van der Waals surface area contributed by atoms with Crippen LogP contribution in [0.2, 0.25) is 5.02 Å². The fourth-order valence-corrected chi connectivity index (χ4v) is 5.31. The molecule has 0 spiro atoms. The normalized spacial score (nSPS) is 20.3. The molecule has 0 unspecified atom stereocenters. The summed E-state index contributed by atoms with van der Waals surface area (Å²) in [5.41, 5.74) is 0.933. The predicted octanol–water partition coefficient (Wildman–Crippen LogP) is 2.42. The number of halogens is 1. The Morgan fingerprint density at radius 1 is 1.04 bits per heavy atom. The van der Waals surface area contributed by atoms with E-state index in [1.807, 2.05) is 12.1 Å². The van der Waals surface area contributed by atoms with Gasteiger partial charge in [-0.1, -0.05) is 29.8 Å². The van der Waals surface area contributed by atoms with E-state index in [4.69, 9.17) is 16.3 Å². The maximum atomic E-state index is 12.9. The van der Waals surface area contributed by atoms with Crippen molar-refractivity contribution in [3.63, 3.8) is 0 Å². The Morgan fingerprint density at radius 3 is 2.46 bits per heavy atom. The molecule has 4 rings (SSSR count). The lowest BCUT2D eigenvalue weighted by Gasteiger charge is -2.36. The predicted molar refractivity (Wildman–Crippen MR) is 106 cm³/mol. The van der Waals surface area contributed by atoms with Crippen molar-refractivity contribution < 1.29 is 17.9 Å². The molecule has 1 atom stereocenters. The van der Waals surface area contributed by atoms with Crippen LogP contribution in [0.5, 0.6) is 5.75 Å². The van der Waals surface area contributed by atoms with Gasteiger partial charge in [-0.3, -0.25) is 4.79 Å². The molecule has 2 aliphatic heterocycles. The summed E-state index contributed by atoms with van der Waals surface area (Å²) in [5.74, 6) is 0.498. The molecule has 0 N–H and O–H groups in total. The molecule has 6 nitrogen and oxygen atoms in total. The van der Waals surface area contributed by atoms with E-state index in [-0.39, 0.29) is 16.7 Å². The van der Waals surface area contributed by atoms with Crippen LogP contribution in [0.1, 0.15) is 5.56 Å². The summed E-state index contributed by atoms with van der Waals surface area (Å²) < 4.78 is 32.6. The first-order valence-corrected chi connectivity index (χ1v) is 11.0. The number of rotatable bonds is 3. The topological polar surface area (TPSA) is 66.9 Å². The minimum Gasteiger partial charge on any atom is -0.492 e. The van der Waals surface area contributed by atoms with Crippen molar-refractivity contribution in [3.8, 4) is 5.75 Å². The maximum absolute atomic E-state index is 12.9. The molecular formula is C20H21ClN2O4S. The van der Waals surface area contributed by atoms with E-state index < -0.39 is 10.0 Å². The molecule has 148 valence electrons. The van der Waals surface area contributed by atoms with E-state index in [9.17, 15) is 13.2 Å². The zero-order valence-corrected chi connectivity index (χ0v) is 16.8. The number of nitrogens with zero attached hydrogens (tertiary/aromatic N) is 2. The lowest BCUT2D eigenvalue weighted by molar-refractivity contribution is -0.138. The molecule has 0 saturated carbocycles. The first-order chi connectivity index (χ1) is 13.4. The molecule has 1 fully saturated rings. The number of piperazine rings is 1. The third-order valence-electron chi connectivity index (χ3n) is 5.21. The van der Waals surface area contributed by atoms with E-state index in [0.29, 0.717) is 44.2 Å². The number of hydrogen-bond donors (Lipinski definition) is 0. The highest BCUT2D eigenvalue weighted by Gasteiger charge is 2.34. The first kappa shape index (κ1) is 19.2. The standard InChI is InChI=1S/C20H21ClN2O4S/c21-17-6-7-19-15(13-17)12-16(14-27-19)20(24)22-8-10-23(11-9-22)28(25,26)18-4-2-1-3-5-18/h1-7,13,16H,8-12,14H2/t16-/m1/s1. The van der Waals surface area contributed by atoms with Crippen molar-refractivity contribution in [2.45, 2.75) is 11.3 Å². The van der Waals surface area contributed by atoms with Gasteiger partial charge in [0.05, 0.1) is 10.8 Å². The van der Waals surface area contributed by atoms with Gasteiger partial charge in [-0.25, -0.2) is 8.42 Å². The van der Waals surface area contributed by atoms with Gasteiger partial charge in [0.1, 0.15) is 12.4 Å². The van der Waals surface area contributed by atoms with Crippen LogP contribution in [-0.2, 0) is 21.2 Å². The van der Waals surface area contributed by atoms with Gasteiger partial charge < -0.3 is 9.64 Å². The highest BCUT2D eigenvalue weighted by atomic mass is 35.5. The van der Waals surface area contributed by atoms with Gasteiger partial charge in [0, 0.05) is 31.2 Å². The second kappa shape index (κ2) is 7.73. The fourth-order valence-electron chi connectivity index (χ4n) is 3.67. The molecule has 0 bridgehead atoms. The molecule has 0 aliphatic carbocycles. The smallest absolute Gasteiger partial charge is 0.243 e. The Morgan fingerprint density at radius 2 is 1.75 bits per heavy atom. The molecule has 2 aromatic rings. The van der Waals surface area contributed by atoms with Gasteiger partial charge in [0.2, 0.25) is 15.9 Å². The number of carbonyl (C=O) groups excluding carboxylic acids is 1. The second-order valence-corrected chi connectivity index (χ2v) is 9.38. The summed E-state index contributed by atoms with van der Waals surface area (Å²) in [4.78, 5) is 14.9. The summed E-state index contributed by atoms with van der Waals surface area (Å²) in [6.45, 7) is 1.67. The van der Waals surface area contributed by atoms with E-state index in [0.717, 1.165) is 11.3 Å². The van der Waals surface area contributed by atoms with E-state index in [1.54, 1.807) is 41.3 Å². The van der Waals surface area contributed by atoms with Gasteiger partial charge in [-0.05, 0) is 42.3 Å². The molecule has 1 amide bonds. The number of benzene rings is 2. The van der Waals surface area contributed by atoms with Crippen molar-refractivity contribution in [2.24, 2.45) is 5.92 Å². The Balaban J connectivity index is 1.40. The largest absolute Gasteiger partial charge is 0.492 e. The summed E-state index contributed by atoms with van der Waals surface area (Å²) in [7, 11) is -3.52. The van der Waals surface area contributed by atoms with Gasteiger partial charge in [-0.15, -0.1) is 0 Å². The Kier molecular flexibility index (Phi) is 5.31. The van der Waals surface area contributed by atoms with Crippen LogP contribution in [0.4, 0.5) is 0 Å². The third kappa shape index (κ3) is 3.74. The highest BCUT2D eigenvalue weighted by Crippen LogP contribution is 2.30. The van der Waals surface area contributed by atoms with Crippen LogP contribution in [0.15, 0.2) is 53.4 Å². The van der Waals surface area contributed by atoms with Crippen LogP contribution >= 0.6 is 11.6 Å². The van der Waals surface area contributed by atoms with Gasteiger partial charge in [0.25, 0.3) is 0 Å². The molecule has 8 heteroatoms. The average Bonchev–Trinajstić information content (AvgIpc) is 2.73. The molecule has 2 heterocycles. The average molecular weight is 421 g/mol. The molecule has 1 saturated heterocycles. The zero-order chi connectivity index (χ0) is 19.7. The molecular weight excluding hydrogens is 400 g/mol. The van der Waals surface area contributed by atoms with Crippen LogP contribution in [0, 0.1) is 5.92 Å². The SMILES string of the molecule is O=C([C@H]1COc2ccc(Cl)cc2C1)N1CCN(S(=O)(=O)c2ccccc2)CC1. The minimum atomic E-state index is -3.52.